The summed E-state index contributed by atoms with van der Waals surface area (Å²) in [5, 5.41) is 17.2. The van der Waals surface area contributed by atoms with Crippen LogP contribution in [0.2, 0.25) is 0 Å². The number of nitro benzene ring substituents is 1. The molecular formula is C28H21BrN4O7. The maximum absolute atomic E-state index is 13.5. The van der Waals surface area contributed by atoms with Gasteiger partial charge in [0.05, 0.1) is 28.6 Å². The van der Waals surface area contributed by atoms with Crippen LogP contribution in [0.25, 0.3) is 33.5 Å². The largest absolute Gasteiger partial charge is 0.472 e. The monoisotopic (exact) mass is 604 g/mol. The van der Waals surface area contributed by atoms with Gasteiger partial charge in [0, 0.05) is 21.5 Å². The Labute approximate surface area is 234 Å². The molecule has 1 atom stereocenters. The van der Waals surface area contributed by atoms with Gasteiger partial charge in [-0.2, -0.15) is 9.78 Å². The minimum absolute atomic E-state index is 0.110. The normalized spacial score (nSPS) is 12.2. The number of nitrogens with zero attached hydrogens (tertiary/aromatic N) is 4. The smallest absolute Gasteiger partial charge is 0.347 e. The molecule has 0 unspecified atom stereocenters. The van der Waals surface area contributed by atoms with Gasteiger partial charge in [-0.3, -0.25) is 14.9 Å². The highest BCUT2D eigenvalue weighted by Crippen LogP contribution is 2.30. The third kappa shape index (κ3) is 5.34. The van der Waals surface area contributed by atoms with Gasteiger partial charge < -0.3 is 13.9 Å². The SMILES string of the molecule is CCOC(=O)[C@@H](C)Oc1ccc(C=Nn2c(-c3cc4cc(Br)ccc4o3)nc3ccccc3c2=O)cc1[N+](=O)[O-]. The first-order chi connectivity index (χ1) is 19.2. The average Bonchev–Trinajstić information content (AvgIpc) is 3.36. The molecule has 2 aromatic heterocycles. The van der Waals surface area contributed by atoms with Gasteiger partial charge in [-0.25, -0.2) is 9.78 Å². The summed E-state index contributed by atoms with van der Waals surface area (Å²) in [6.45, 7) is 3.24. The van der Waals surface area contributed by atoms with E-state index in [9.17, 15) is 19.7 Å². The highest BCUT2D eigenvalue weighted by molar-refractivity contribution is 9.10. The minimum atomic E-state index is -1.05. The number of hydrogen-bond donors (Lipinski definition) is 0. The number of fused-ring (bicyclic) bond motifs is 2. The molecule has 40 heavy (non-hydrogen) atoms. The number of benzene rings is 3. The summed E-state index contributed by atoms with van der Waals surface area (Å²) >= 11 is 3.44. The van der Waals surface area contributed by atoms with E-state index in [-0.39, 0.29) is 23.9 Å². The molecule has 5 rings (SSSR count). The average molecular weight is 605 g/mol. The Morgan fingerprint density at radius 1 is 1.20 bits per heavy atom. The number of rotatable bonds is 8. The molecule has 0 aliphatic rings. The van der Waals surface area contributed by atoms with E-state index < -0.39 is 22.6 Å². The second kappa shape index (κ2) is 11.1. The number of halogens is 1. The zero-order valence-electron chi connectivity index (χ0n) is 21.2. The first kappa shape index (κ1) is 26.8. The van der Waals surface area contributed by atoms with E-state index >= 15 is 0 Å². The fourth-order valence-corrected chi connectivity index (χ4v) is 4.37. The molecule has 0 aliphatic carbocycles. The summed E-state index contributed by atoms with van der Waals surface area (Å²) in [6, 6.07) is 18.2. The van der Waals surface area contributed by atoms with Crippen molar-refractivity contribution in [3.8, 4) is 17.3 Å². The number of ether oxygens (including phenoxy) is 2. The second-order valence-corrected chi connectivity index (χ2v) is 9.52. The van der Waals surface area contributed by atoms with E-state index in [1.807, 2.05) is 12.1 Å². The Balaban J connectivity index is 1.57. The maximum atomic E-state index is 13.5. The molecule has 202 valence electrons. The number of carbonyl (C=O) groups excluding carboxylic acids is 1. The highest BCUT2D eigenvalue weighted by Gasteiger charge is 2.23. The quantitative estimate of drug-likeness (QED) is 0.0951. The predicted molar refractivity (Wildman–Crippen MR) is 152 cm³/mol. The topological polar surface area (TPSA) is 139 Å². The first-order valence-corrected chi connectivity index (χ1v) is 12.9. The van der Waals surface area contributed by atoms with Crippen LogP contribution in [0.4, 0.5) is 5.69 Å². The molecule has 3 aromatic carbocycles. The Hall–Kier alpha value is -4.84. The van der Waals surface area contributed by atoms with Crippen LogP contribution >= 0.6 is 15.9 Å². The summed E-state index contributed by atoms with van der Waals surface area (Å²) in [6.07, 6.45) is 0.249. The molecule has 0 fully saturated rings. The number of aromatic nitrogens is 2. The molecule has 5 aromatic rings. The minimum Gasteiger partial charge on any atom is -0.472 e. The number of furan rings is 1. The fraction of sp³-hybridized carbons (Fsp3) is 0.143. The number of nitro groups is 1. The number of esters is 1. The lowest BCUT2D eigenvalue weighted by molar-refractivity contribution is -0.386. The van der Waals surface area contributed by atoms with Gasteiger partial charge in [-0.15, -0.1) is 0 Å². The van der Waals surface area contributed by atoms with Gasteiger partial charge in [-0.05, 0) is 62.4 Å². The molecule has 0 N–H and O–H groups in total. The van der Waals surface area contributed by atoms with Gasteiger partial charge in [0.25, 0.3) is 5.56 Å². The van der Waals surface area contributed by atoms with Crippen molar-refractivity contribution in [1.29, 1.82) is 0 Å². The molecular weight excluding hydrogens is 584 g/mol. The molecule has 2 heterocycles. The van der Waals surface area contributed by atoms with Gasteiger partial charge >= 0.3 is 11.7 Å². The number of para-hydroxylation sites is 1. The van der Waals surface area contributed by atoms with Gasteiger partial charge in [0.2, 0.25) is 5.82 Å². The summed E-state index contributed by atoms with van der Waals surface area (Å²) < 4.78 is 18.3. The van der Waals surface area contributed by atoms with Crippen LogP contribution in [0.3, 0.4) is 0 Å². The van der Waals surface area contributed by atoms with Crippen LogP contribution in [0.15, 0.2) is 85.5 Å². The lowest BCUT2D eigenvalue weighted by Crippen LogP contribution is -2.26. The van der Waals surface area contributed by atoms with Crippen molar-refractivity contribution in [1.82, 2.24) is 9.66 Å². The molecule has 12 heteroatoms. The van der Waals surface area contributed by atoms with Crippen LogP contribution in [0.5, 0.6) is 5.75 Å². The standard InChI is InChI=1S/C28H21BrN4O7/c1-3-38-28(35)16(2)39-24-10-8-17(12-22(24)33(36)37)15-30-32-26(31-21-7-5-4-6-20(21)27(32)34)25-14-18-13-19(29)9-11-23(18)40-25/h4-16H,3H2,1-2H3/t16-/m1/s1. The summed E-state index contributed by atoms with van der Waals surface area (Å²) in [5.41, 5.74) is 0.536. The summed E-state index contributed by atoms with van der Waals surface area (Å²) in [7, 11) is 0. The molecule has 0 radical (unpaired) electrons. The second-order valence-electron chi connectivity index (χ2n) is 8.60. The van der Waals surface area contributed by atoms with Gasteiger partial charge in [0.15, 0.2) is 17.6 Å². The third-order valence-electron chi connectivity index (χ3n) is 5.88. The van der Waals surface area contributed by atoms with Gasteiger partial charge in [-0.1, -0.05) is 28.1 Å². The van der Waals surface area contributed by atoms with E-state index in [1.54, 1.807) is 43.3 Å². The highest BCUT2D eigenvalue weighted by atomic mass is 79.9. The van der Waals surface area contributed by atoms with Crippen LogP contribution < -0.4 is 10.3 Å². The Kier molecular flexibility index (Phi) is 7.43. The fourth-order valence-electron chi connectivity index (χ4n) is 3.99. The van der Waals surface area contributed by atoms with E-state index in [0.717, 1.165) is 14.5 Å². The summed E-state index contributed by atoms with van der Waals surface area (Å²) in [5.74, 6) is -0.279. The zero-order valence-corrected chi connectivity index (χ0v) is 22.8. The number of carbonyl (C=O) groups is 1. The molecule has 0 bridgehead atoms. The van der Waals surface area contributed by atoms with Crippen molar-refractivity contribution in [2.45, 2.75) is 20.0 Å². The van der Waals surface area contributed by atoms with E-state index in [1.165, 1.54) is 31.3 Å². The maximum Gasteiger partial charge on any atom is 0.347 e. The van der Waals surface area contributed by atoms with Crippen molar-refractivity contribution >= 4 is 55.7 Å². The predicted octanol–water partition coefficient (Wildman–Crippen LogP) is 5.69. The van der Waals surface area contributed by atoms with Crippen molar-refractivity contribution in [2.75, 3.05) is 6.61 Å². The molecule has 0 saturated carbocycles. The Bertz CT molecular complexity index is 1860. The van der Waals surface area contributed by atoms with Crippen LogP contribution in [0, 0.1) is 10.1 Å². The van der Waals surface area contributed by atoms with Gasteiger partial charge in [0.1, 0.15) is 5.58 Å². The molecule has 0 aliphatic heterocycles. The molecule has 11 nitrogen and oxygen atoms in total. The van der Waals surface area contributed by atoms with E-state index in [2.05, 4.69) is 26.0 Å². The van der Waals surface area contributed by atoms with Crippen LogP contribution in [-0.2, 0) is 9.53 Å². The molecule has 0 saturated heterocycles. The van der Waals surface area contributed by atoms with Crippen molar-refractivity contribution in [2.24, 2.45) is 5.10 Å². The van der Waals surface area contributed by atoms with Crippen molar-refractivity contribution in [3.05, 3.63) is 97.2 Å². The van der Waals surface area contributed by atoms with Crippen LogP contribution in [-0.4, -0.2) is 39.5 Å². The van der Waals surface area contributed by atoms with Crippen molar-refractivity contribution < 1.29 is 23.6 Å². The third-order valence-corrected chi connectivity index (χ3v) is 6.37. The first-order valence-electron chi connectivity index (χ1n) is 12.1. The zero-order chi connectivity index (χ0) is 28.4. The lowest BCUT2D eigenvalue weighted by Gasteiger charge is -2.13. The van der Waals surface area contributed by atoms with Crippen LogP contribution in [0.1, 0.15) is 19.4 Å². The number of hydrogen-bond acceptors (Lipinski definition) is 9. The Morgan fingerprint density at radius 3 is 2.77 bits per heavy atom. The van der Waals surface area contributed by atoms with Crippen molar-refractivity contribution in [3.63, 3.8) is 0 Å². The summed E-state index contributed by atoms with van der Waals surface area (Å²) in [4.78, 5) is 41.1. The van der Waals surface area contributed by atoms with E-state index in [4.69, 9.17) is 13.9 Å². The molecule has 0 amide bonds. The van der Waals surface area contributed by atoms with E-state index in [0.29, 0.717) is 27.8 Å². The lowest BCUT2D eigenvalue weighted by atomic mass is 10.2. The Morgan fingerprint density at radius 2 is 2.00 bits per heavy atom. The molecule has 0 spiro atoms.